The lowest BCUT2D eigenvalue weighted by atomic mass is 10.1. The van der Waals surface area contributed by atoms with E-state index in [0.29, 0.717) is 13.1 Å². The lowest BCUT2D eigenvalue weighted by molar-refractivity contribution is -0.131. The van der Waals surface area contributed by atoms with Crippen LogP contribution in [0.1, 0.15) is 33.6 Å². The van der Waals surface area contributed by atoms with Crippen LogP contribution in [0.2, 0.25) is 0 Å². The number of aliphatic carboxylic acids is 1. The van der Waals surface area contributed by atoms with Gasteiger partial charge in [0, 0.05) is 19.2 Å². The van der Waals surface area contributed by atoms with Crippen molar-refractivity contribution >= 4 is 12.1 Å². The minimum atomic E-state index is -0.967. The maximum absolute atomic E-state index is 11.8. The molecule has 0 radical (unpaired) electrons. The van der Waals surface area contributed by atoms with Crippen LogP contribution < -0.4 is 0 Å². The molecule has 0 saturated carbocycles. The first kappa shape index (κ1) is 13.5. The molecule has 0 aromatic carbocycles. The third-order valence-electron chi connectivity index (χ3n) is 2.30. The number of carbonyl (C=O) groups excluding carboxylic acids is 1. The summed E-state index contributed by atoms with van der Waals surface area (Å²) in [6.45, 7) is 6.39. The number of carboxylic acids is 1. The number of hydrogen-bond donors (Lipinski definition) is 1. The Morgan fingerprint density at radius 2 is 2.06 bits per heavy atom. The van der Waals surface area contributed by atoms with Gasteiger partial charge in [-0.3, -0.25) is 0 Å². The van der Waals surface area contributed by atoms with E-state index in [9.17, 15) is 9.59 Å². The first-order valence-corrected chi connectivity index (χ1v) is 5.68. The Morgan fingerprint density at radius 3 is 2.59 bits per heavy atom. The molecule has 0 spiro atoms. The number of carbonyl (C=O) groups is 2. The van der Waals surface area contributed by atoms with E-state index in [1.807, 2.05) is 20.8 Å². The molecular weight excluding hydrogens is 222 g/mol. The lowest BCUT2D eigenvalue weighted by Crippen LogP contribution is -2.40. The normalized spacial score (nSPS) is 19.2. The van der Waals surface area contributed by atoms with Crippen LogP contribution in [0, 0.1) is 0 Å². The topological polar surface area (TPSA) is 66.8 Å². The number of piperidine rings is 1. The molecule has 0 aliphatic carbocycles. The molecule has 0 bridgehead atoms. The molecule has 0 aromatic heterocycles. The van der Waals surface area contributed by atoms with E-state index < -0.39 is 11.6 Å². The monoisotopic (exact) mass is 241 g/mol. The molecule has 96 valence electrons. The van der Waals surface area contributed by atoms with Crippen molar-refractivity contribution in [3.05, 3.63) is 11.6 Å². The summed E-state index contributed by atoms with van der Waals surface area (Å²) in [5.41, 5.74) is 0.236. The predicted octanol–water partition coefficient (Wildman–Crippen LogP) is 2.03. The van der Waals surface area contributed by atoms with Crippen molar-refractivity contribution in [1.82, 2.24) is 4.90 Å². The Kier molecular flexibility index (Phi) is 4.15. The molecule has 1 N–H and O–H groups in total. The average molecular weight is 241 g/mol. The van der Waals surface area contributed by atoms with Crippen LogP contribution in [0.3, 0.4) is 0 Å². The predicted molar refractivity (Wildman–Crippen MR) is 62.8 cm³/mol. The molecule has 1 amide bonds. The number of likely N-dealkylation sites (tertiary alicyclic amines) is 1. The van der Waals surface area contributed by atoms with E-state index >= 15 is 0 Å². The van der Waals surface area contributed by atoms with Gasteiger partial charge in [-0.15, -0.1) is 0 Å². The summed E-state index contributed by atoms with van der Waals surface area (Å²) in [4.78, 5) is 23.9. The molecule has 0 unspecified atom stereocenters. The van der Waals surface area contributed by atoms with Crippen molar-refractivity contribution in [3.63, 3.8) is 0 Å². The van der Waals surface area contributed by atoms with Crippen LogP contribution in [0.4, 0.5) is 4.79 Å². The Bertz CT molecular complexity index is 341. The van der Waals surface area contributed by atoms with Crippen LogP contribution in [-0.4, -0.2) is 40.8 Å². The second-order valence-corrected chi connectivity index (χ2v) is 5.15. The second kappa shape index (κ2) is 5.21. The van der Waals surface area contributed by atoms with Crippen LogP contribution in [0.5, 0.6) is 0 Å². The number of carboxylic acid groups (broad SMARTS) is 1. The van der Waals surface area contributed by atoms with Gasteiger partial charge in [0.1, 0.15) is 5.60 Å². The number of ether oxygens (including phenoxy) is 1. The van der Waals surface area contributed by atoms with Gasteiger partial charge in [-0.25, -0.2) is 9.59 Å². The zero-order chi connectivity index (χ0) is 13.1. The zero-order valence-corrected chi connectivity index (χ0v) is 10.5. The van der Waals surface area contributed by atoms with E-state index in [1.165, 1.54) is 6.08 Å². The van der Waals surface area contributed by atoms with Gasteiger partial charge in [0.05, 0.1) is 0 Å². The van der Waals surface area contributed by atoms with Gasteiger partial charge in [-0.2, -0.15) is 0 Å². The van der Waals surface area contributed by atoms with Gasteiger partial charge < -0.3 is 14.7 Å². The summed E-state index contributed by atoms with van der Waals surface area (Å²) in [7, 11) is 0. The third kappa shape index (κ3) is 4.89. The van der Waals surface area contributed by atoms with Gasteiger partial charge in [0.15, 0.2) is 0 Å². The zero-order valence-electron chi connectivity index (χ0n) is 10.5. The molecule has 5 nitrogen and oxygen atoms in total. The summed E-state index contributed by atoms with van der Waals surface area (Å²) in [6.07, 6.45) is 2.30. The van der Waals surface area contributed by atoms with E-state index in [-0.39, 0.29) is 6.09 Å². The van der Waals surface area contributed by atoms with Crippen LogP contribution in [0.25, 0.3) is 0 Å². The summed E-state index contributed by atoms with van der Waals surface area (Å²) in [5.74, 6) is -0.967. The summed E-state index contributed by atoms with van der Waals surface area (Å²) >= 11 is 0. The van der Waals surface area contributed by atoms with Crippen molar-refractivity contribution in [2.75, 3.05) is 13.1 Å². The Morgan fingerprint density at radius 1 is 1.41 bits per heavy atom. The molecule has 1 heterocycles. The van der Waals surface area contributed by atoms with Gasteiger partial charge in [0.25, 0.3) is 0 Å². The summed E-state index contributed by atoms with van der Waals surface area (Å²) in [6, 6.07) is 0. The van der Waals surface area contributed by atoms with Crippen molar-refractivity contribution in [2.24, 2.45) is 0 Å². The summed E-state index contributed by atoms with van der Waals surface area (Å²) < 4.78 is 5.24. The fraction of sp³-hybridized carbons (Fsp3) is 0.667. The van der Waals surface area contributed by atoms with E-state index in [0.717, 1.165) is 18.4 Å². The van der Waals surface area contributed by atoms with E-state index in [2.05, 4.69) is 0 Å². The Hall–Kier alpha value is -1.52. The quantitative estimate of drug-likeness (QED) is 0.713. The minimum absolute atomic E-state index is 0.348. The highest BCUT2D eigenvalue weighted by atomic mass is 16.6. The van der Waals surface area contributed by atoms with Crippen molar-refractivity contribution in [2.45, 2.75) is 39.2 Å². The van der Waals surface area contributed by atoms with E-state index in [4.69, 9.17) is 9.84 Å². The maximum Gasteiger partial charge on any atom is 0.410 e. The molecule has 1 aliphatic rings. The molecule has 1 saturated heterocycles. The molecule has 1 rings (SSSR count). The first-order valence-electron chi connectivity index (χ1n) is 5.68. The van der Waals surface area contributed by atoms with Crippen LogP contribution in [-0.2, 0) is 9.53 Å². The van der Waals surface area contributed by atoms with Crippen LogP contribution >= 0.6 is 0 Å². The van der Waals surface area contributed by atoms with Gasteiger partial charge in [-0.1, -0.05) is 0 Å². The van der Waals surface area contributed by atoms with E-state index in [1.54, 1.807) is 4.90 Å². The minimum Gasteiger partial charge on any atom is -0.478 e. The third-order valence-corrected chi connectivity index (χ3v) is 2.30. The fourth-order valence-corrected chi connectivity index (χ4v) is 1.67. The number of nitrogens with zero attached hydrogens (tertiary/aromatic N) is 1. The van der Waals surface area contributed by atoms with Gasteiger partial charge >= 0.3 is 12.1 Å². The standard InChI is InChI=1S/C12H19NO4/c1-12(2,3)17-11(16)13-6-4-5-9(8-13)7-10(14)15/h7H,4-6,8H2,1-3H3,(H,14,15)/b9-7-. The molecule has 1 fully saturated rings. The summed E-state index contributed by atoms with van der Waals surface area (Å²) in [5, 5.41) is 8.67. The van der Waals surface area contributed by atoms with Gasteiger partial charge in [0.2, 0.25) is 0 Å². The van der Waals surface area contributed by atoms with Gasteiger partial charge in [-0.05, 0) is 39.2 Å². The smallest absolute Gasteiger partial charge is 0.410 e. The fourth-order valence-electron chi connectivity index (χ4n) is 1.67. The largest absolute Gasteiger partial charge is 0.478 e. The molecule has 0 aromatic rings. The highest BCUT2D eigenvalue weighted by molar-refractivity contribution is 5.81. The molecular formula is C12H19NO4. The second-order valence-electron chi connectivity index (χ2n) is 5.15. The maximum atomic E-state index is 11.8. The Labute approximate surface area is 101 Å². The van der Waals surface area contributed by atoms with Crippen molar-refractivity contribution in [3.8, 4) is 0 Å². The lowest BCUT2D eigenvalue weighted by Gasteiger charge is -2.31. The first-order chi connectivity index (χ1) is 7.78. The number of hydrogen-bond acceptors (Lipinski definition) is 3. The number of amides is 1. The van der Waals surface area contributed by atoms with Crippen molar-refractivity contribution < 1.29 is 19.4 Å². The number of rotatable bonds is 1. The Balaban J connectivity index is 2.61. The molecule has 17 heavy (non-hydrogen) atoms. The molecule has 1 aliphatic heterocycles. The molecule has 5 heteroatoms. The SMILES string of the molecule is CC(C)(C)OC(=O)N1CCC/C(=C/C(=O)O)C1. The van der Waals surface area contributed by atoms with Crippen LogP contribution in [0.15, 0.2) is 11.6 Å². The van der Waals surface area contributed by atoms with Crippen molar-refractivity contribution in [1.29, 1.82) is 0 Å². The highest BCUT2D eigenvalue weighted by Gasteiger charge is 2.25. The average Bonchev–Trinajstić information content (AvgIpc) is 2.14. The highest BCUT2D eigenvalue weighted by Crippen LogP contribution is 2.18. The molecule has 0 atom stereocenters.